The second-order valence-corrected chi connectivity index (χ2v) is 6.62. The Morgan fingerprint density at radius 3 is 2.60 bits per heavy atom. The van der Waals surface area contributed by atoms with Crippen molar-refractivity contribution in [3.8, 4) is 0 Å². The predicted molar refractivity (Wildman–Crippen MR) is 90.4 cm³/mol. The molecule has 3 heterocycles. The first-order valence-electron chi connectivity index (χ1n) is 8.86. The molecule has 25 heavy (non-hydrogen) atoms. The maximum absolute atomic E-state index is 12.1. The number of hydrogen-bond acceptors (Lipinski definition) is 4. The summed E-state index contributed by atoms with van der Waals surface area (Å²) in [6, 6.07) is 9.97. The molecule has 3 aliphatic rings. The van der Waals surface area contributed by atoms with Crippen molar-refractivity contribution in [2.75, 3.05) is 19.7 Å². The molecule has 3 saturated heterocycles. The molecule has 132 valence electrons. The largest absolute Gasteiger partial charge is 0.447 e. The molecule has 0 aliphatic carbocycles. The molecular weight excluding hydrogens is 320 g/mol. The highest BCUT2D eigenvalue weighted by Gasteiger charge is 2.36. The van der Waals surface area contributed by atoms with Crippen molar-refractivity contribution < 1.29 is 19.1 Å². The van der Waals surface area contributed by atoms with Crippen molar-refractivity contribution in [3.63, 3.8) is 0 Å². The van der Waals surface area contributed by atoms with Gasteiger partial charge in [0.2, 0.25) is 5.91 Å². The van der Waals surface area contributed by atoms with Gasteiger partial charge in [0.05, 0.1) is 6.54 Å². The molecule has 0 spiro atoms. The Labute approximate surface area is 147 Å². The van der Waals surface area contributed by atoms with Crippen LogP contribution in [0.1, 0.15) is 37.4 Å². The van der Waals surface area contributed by atoms with E-state index in [-0.39, 0.29) is 24.3 Å². The first-order valence-corrected chi connectivity index (χ1v) is 8.86. The molecule has 0 aromatic heterocycles. The molecule has 1 aromatic rings. The highest BCUT2D eigenvalue weighted by molar-refractivity contribution is 5.78. The lowest BCUT2D eigenvalue weighted by atomic mass is 9.94. The molecule has 0 bridgehead atoms. The quantitative estimate of drug-likeness (QED) is 0.847. The van der Waals surface area contributed by atoms with Crippen molar-refractivity contribution in [2.45, 2.75) is 38.0 Å². The predicted octanol–water partition coefficient (Wildman–Crippen LogP) is 2.82. The summed E-state index contributed by atoms with van der Waals surface area (Å²) in [5.74, 6) is 0.173. The van der Waals surface area contributed by atoms with E-state index >= 15 is 0 Å². The molecular formula is C19H22N2O4. The van der Waals surface area contributed by atoms with E-state index in [2.05, 4.69) is 0 Å². The third kappa shape index (κ3) is 3.26. The van der Waals surface area contributed by atoms with E-state index < -0.39 is 0 Å². The Morgan fingerprint density at radius 2 is 1.92 bits per heavy atom. The zero-order valence-corrected chi connectivity index (χ0v) is 14.1. The number of cyclic esters (lactones) is 1. The number of nitrogens with zero attached hydrogens (tertiary/aromatic N) is 2. The molecule has 2 atom stereocenters. The molecule has 0 unspecified atom stereocenters. The maximum atomic E-state index is 12.1. The van der Waals surface area contributed by atoms with Gasteiger partial charge < -0.3 is 14.4 Å². The normalized spacial score (nSPS) is 28.7. The van der Waals surface area contributed by atoms with Gasteiger partial charge in [-0.1, -0.05) is 30.3 Å². The van der Waals surface area contributed by atoms with E-state index in [0.29, 0.717) is 19.6 Å². The van der Waals surface area contributed by atoms with Crippen molar-refractivity contribution >= 4 is 12.0 Å². The lowest BCUT2D eigenvalue weighted by molar-refractivity contribution is -0.150. The summed E-state index contributed by atoms with van der Waals surface area (Å²) in [7, 11) is 0. The summed E-state index contributed by atoms with van der Waals surface area (Å²) in [5.41, 5.74) is 2.09. The van der Waals surface area contributed by atoms with Gasteiger partial charge in [-0.2, -0.15) is 0 Å². The zero-order valence-electron chi connectivity index (χ0n) is 14.1. The van der Waals surface area contributed by atoms with E-state index in [1.54, 1.807) is 4.90 Å². The van der Waals surface area contributed by atoms with Crippen LogP contribution in [0, 0.1) is 0 Å². The molecule has 0 N–H and O–H groups in total. The van der Waals surface area contributed by atoms with Crippen LogP contribution in [0.2, 0.25) is 0 Å². The van der Waals surface area contributed by atoms with Crippen LogP contribution in [0.15, 0.2) is 42.1 Å². The fourth-order valence-corrected chi connectivity index (χ4v) is 3.71. The van der Waals surface area contributed by atoms with Crippen LogP contribution >= 0.6 is 0 Å². The van der Waals surface area contributed by atoms with Crippen molar-refractivity contribution in [3.05, 3.63) is 47.7 Å². The summed E-state index contributed by atoms with van der Waals surface area (Å²) in [5, 5.41) is 0. The molecule has 4 rings (SSSR count). The van der Waals surface area contributed by atoms with Crippen molar-refractivity contribution in [1.82, 2.24) is 9.80 Å². The number of rotatable bonds is 3. The number of hydrogen-bond donors (Lipinski definition) is 0. The Balaban J connectivity index is 1.60. The fraction of sp³-hybridized carbons (Fsp3) is 0.474. The third-order valence-corrected chi connectivity index (χ3v) is 4.98. The van der Waals surface area contributed by atoms with Crippen LogP contribution in [0.3, 0.4) is 0 Å². The molecule has 1 aromatic carbocycles. The Kier molecular flexibility index (Phi) is 4.44. The van der Waals surface area contributed by atoms with Crippen LogP contribution < -0.4 is 0 Å². The van der Waals surface area contributed by atoms with Crippen LogP contribution in [0.4, 0.5) is 4.79 Å². The second kappa shape index (κ2) is 6.88. The van der Waals surface area contributed by atoms with Gasteiger partial charge in [0.1, 0.15) is 18.9 Å². The smallest absolute Gasteiger partial charge is 0.413 e. The summed E-state index contributed by atoms with van der Waals surface area (Å²) in [4.78, 5) is 27.3. The second-order valence-electron chi connectivity index (χ2n) is 6.62. The summed E-state index contributed by atoms with van der Waals surface area (Å²) >= 11 is 0. The molecule has 6 heteroatoms. The monoisotopic (exact) mass is 342 g/mol. The van der Waals surface area contributed by atoms with Crippen LogP contribution in [0.25, 0.3) is 0 Å². The minimum Gasteiger partial charge on any atom is -0.447 e. The number of amides is 2. The van der Waals surface area contributed by atoms with Gasteiger partial charge in [0, 0.05) is 19.2 Å². The van der Waals surface area contributed by atoms with Crippen LogP contribution in [-0.4, -0.2) is 47.7 Å². The highest BCUT2D eigenvalue weighted by atomic mass is 16.6. The first-order chi connectivity index (χ1) is 12.2. The topological polar surface area (TPSA) is 59.1 Å². The molecule has 3 fully saturated rings. The van der Waals surface area contributed by atoms with Gasteiger partial charge in [0.15, 0.2) is 0 Å². The van der Waals surface area contributed by atoms with Crippen LogP contribution in [0.5, 0.6) is 0 Å². The van der Waals surface area contributed by atoms with E-state index in [0.717, 1.165) is 36.9 Å². The number of carbonyl (C=O) groups is 2. The summed E-state index contributed by atoms with van der Waals surface area (Å²) in [6.07, 6.45) is 4.17. The Bertz CT molecular complexity index is 688. The molecule has 0 radical (unpaired) electrons. The van der Waals surface area contributed by atoms with E-state index in [1.807, 2.05) is 41.4 Å². The van der Waals surface area contributed by atoms with Gasteiger partial charge in [-0.3, -0.25) is 9.69 Å². The average Bonchev–Trinajstić information content (AvgIpc) is 3.25. The van der Waals surface area contributed by atoms with Crippen molar-refractivity contribution in [2.24, 2.45) is 0 Å². The van der Waals surface area contributed by atoms with Gasteiger partial charge in [-0.25, -0.2) is 4.79 Å². The average molecular weight is 342 g/mol. The SMILES string of the molecule is O=C1OCCN1/C=C1/CC[C@@H](N2CCCC2=O)O[C@H]1c1ccccc1. The minimum absolute atomic E-state index is 0.173. The standard InChI is InChI=1S/C19H22N2O4/c22-16-7-4-10-21(16)17-9-8-15(13-20-11-12-24-19(20)23)18(25-17)14-5-2-1-3-6-14/h1-3,5-6,13,17-18H,4,7-12H2/b15-13-/t17-,18-/m0/s1. The Morgan fingerprint density at radius 1 is 1.08 bits per heavy atom. The maximum Gasteiger partial charge on any atom is 0.413 e. The molecule has 6 nitrogen and oxygen atoms in total. The number of benzene rings is 1. The van der Waals surface area contributed by atoms with Gasteiger partial charge >= 0.3 is 6.09 Å². The van der Waals surface area contributed by atoms with Gasteiger partial charge in [-0.15, -0.1) is 0 Å². The van der Waals surface area contributed by atoms with Gasteiger partial charge in [-0.05, 0) is 30.4 Å². The lowest BCUT2D eigenvalue weighted by Gasteiger charge is -2.37. The van der Waals surface area contributed by atoms with Crippen LogP contribution in [-0.2, 0) is 14.3 Å². The van der Waals surface area contributed by atoms with E-state index in [1.165, 1.54) is 0 Å². The first kappa shape index (κ1) is 16.1. The molecule has 3 aliphatic heterocycles. The minimum atomic E-state index is -0.309. The number of likely N-dealkylation sites (tertiary alicyclic amines) is 1. The van der Waals surface area contributed by atoms with Gasteiger partial charge in [0.25, 0.3) is 0 Å². The molecule has 0 saturated carbocycles. The summed E-state index contributed by atoms with van der Waals surface area (Å²) in [6.45, 7) is 1.75. The fourth-order valence-electron chi connectivity index (χ4n) is 3.71. The van der Waals surface area contributed by atoms with E-state index in [4.69, 9.17) is 9.47 Å². The zero-order chi connectivity index (χ0) is 17.2. The number of carbonyl (C=O) groups excluding carboxylic acids is 2. The van der Waals surface area contributed by atoms with Crippen molar-refractivity contribution in [1.29, 1.82) is 0 Å². The lowest BCUT2D eigenvalue weighted by Crippen LogP contribution is -2.41. The number of ether oxygens (including phenoxy) is 2. The molecule has 2 amide bonds. The summed E-state index contributed by atoms with van der Waals surface area (Å²) < 4.78 is 11.4. The highest BCUT2D eigenvalue weighted by Crippen LogP contribution is 2.38. The Hall–Kier alpha value is -2.34. The third-order valence-electron chi connectivity index (χ3n) is 4.98. The van der Waals surface area contributed by atoms with E-state index in [9.17, 15) is 9.59 Å².